The van der Waals surface area contributed by atoms with Gasteiger partial charge in [-0.15, -0.1) is 0 Å². The van der Waals surface area contributed by atoms with E-state index in [4.69, 9.17) is 9.47 Å². The van der Waals surface area contributed by atoms with Gasteiger partial charge >= 0.3 is 0 Å². The third-order valence-corrected chi connectivity index (χ3v) is 7.10. The predicted octanol–water partition coefficient (Wildman–Crippen LogP) is 3.96. The number of carbonyl (C=O) groups excluding carboxylic acids is 1. The largest absolute Gasteiger partial charge is 0.493 e. The van der Waals surface area contributed by atoms with Gasteiger partial charge in [-0.25, -0.2) is 13.4 Å². The van der Waals surface area contributed by atoms with Gasteiger partial charge in [0.1, 0.15) is 0 Å². The predicted molar refractivity (Wildman–Crippen MR) is 127 cm³/mol. The van der Waals surface area contributed by atoms with Gasteiger partial charge in [0, 0.05) is 24.2 Å². The minimum atomic E-state index is -3.36. The van der Waals surface area contributed by atoms with Gasteiger partial charge in [-0.05, 0) is 48.0 Å². The van der Waals surface area contributed by atoms with Crippen LogP contribution < -0.4 is 14.4 Å². The van der Waals surface area contributed by atoms with E-state index in [1.54, 1.807) is 53.7 Å². The van der Waals surface area contributed by atoms with Crippen LogP contribution in [0.1, 0.15) is 15.9 Å². The molecule has 0 saturated carbocycles. The van der Waals surface area contributed by atoms with Gasteiger partial charge < -0.3 is 9.47 Å². The molecule has 0 fully saturated rings. The van der Waals surface area contributed by atoms with Gasteiger partial charge in [-0.1, -0.05) is 17.4 Å². The van der Waals surface area contributed by atoms with E-state index >= 15 is 0 Å². The molecule has 0 N–H and O–H groups in total. The summed E-state index contributed by atoms with van der Waals surface area (Å²) in [4.78, 5) is 24.1. The Morgan fingerprint density at radius 2 is 1.85 bits per heavy atom. The Kier molecular flexibility index (Phi) is 6.30. The summed E-state index contributed by atoms with van der Waals surface area (Å²) >= 11 is 1.25. The first-order chi connectivity index (χ1) is 15.8. The van der Waals surface area contributed by atoms with Crippen molar-refractivity contribution in [1.29, 1.82) is 0 Å². The van der Waals surface area contributed by atoms with Crippen LogP contribution in [-0.4, -0.2) is 44.8 Å². The smallest absolute Gasteiger partial charge is 0.260 e. The highest BCUT2D eigenvalue weighted by atomic mass is 32.2. The number of hydrogen-bond acceptors (Lipinski definition) is 8. The first-order valence-corrected chi connectivity index (χ1v) is 12.5. The molecule has 4 rings (SSSR count). The highest BCUT2D eigenvalue weighted by molar-refractivity contribution is 7.90. The number of methoxy groups -OCH3 is 2. The Labute approximate surface area is 195 Å². The zero-order valence-electron chi connectivity index (χ0n) is 18.2. The number of amides is 1. The van der Waals surface area contributed by atoms with E-state index in [1.807, 2.05) is 6.07 Å². The van der Waals surface area contributed by atoms with Crippen molar-refractivity contribution in [3.63, 3.8) is 0 Å². The van der Waals surface area contributed by atoms with Crippen molar-refractivity contribution in [2.75, 3.05) is 25.4 Å². The Morgan fingerprint density at radius 1 is 1.06 bits per heavy atom. The maximum atomic E-state index is 13.6. The number of carbonyl (C=O) groups is 1. The minimum absolute atomic E-state index is 0.204. The van der Waals surface area contributed by atoms with Gasteiger partial charge in [0.25, 0.3) is 5.91 Å². The van der Waals surface area contributed by atoms with Crippen LogP contribution in [0.25, 0.3) is 10.2 Å². The summed E-state index contributed by atoms with van der Waals surface area (Å²) in [7, 11) is -0.329. The molecule has 0 atom stereocenters. The van der Waals surface area contributed by atoms with Crippen LogP contribution in [0.4, 0.5) is 5.13 Å². The van der Waals surface area contributed by atoms with Gasteiger partial charge in [-0.2, -0.15) is 0 Å². The van der Waals surface area contributed by atoms with Crippen LogP contribution in [0.3, 0.4) is 0 Å². The summed E-state index contributed by atoms with van der Waals surface area (Å²) in [5, 5.41) is 0.444. The van der Waals surface area contributed by atoms with Crippen molar-refractivity contribution in [1.82, 2.24) is 9.97 Å². The minimum Gasteiger partial charge on any atom is -0.493 e. The van der Waals surface area contributed by atoms with Gasteiger partial charge in [0.2, 0.25) is 0 Å². The maximum absolute atomic E-state index is 13.6. The van der Waals surface area contributed by atoms with Crippen molar-refractivity contribution in [2.24, 2.45) is 0 Å². The molecule has 33 heavy (non-hydrogen) atoms. The lowest BCUT2D eigenvalue weighted by atomic mass is 10.1. The van der Waals surface area contributed by atoms with Crippen LogP contribution >= 0.6 is 11.3 Å². The van der Waals surface area contributed by atoms with Crippen LogP contribution in [0, 0.1) is 0 Å². The molecule has 1 amide bonds. The number of pyridine rings is 1. The first-order valence-electron chi connectivity index (χ1n) is 9.83. The molecule has 2 aromatic carbocycles. The molecule has 0 unspecified atom stereocenters. The molecule has 170 valence electrons. The lowest BCUT2D eigenvalue weighted by Crippen LogP contribution is -2.30. The number of aromatic nitrogens is 2. The normalized spacial score (nSPS) is 11.4. The molecule has 0 aliphatic rings. The second kappa shape index (κ2) is 9.16. The fraction of sp³-hybridized carbons (Fsp3) is 0.174. The van der Waals surface area contributed by atoms with Crippen LogP contribution in [0.15, 0.2) is 65.8 Å². The molecule has 8 nitrogen and oxygen atoms in total. The SMILES string of the molecule is COc1ccc(C(=O)N(Cc2cccnc2)c2nc3ccc(S(C)(=O)=O)cc3s2)cc1OC. The number of thiazole rings is 1. The lowest BCUT2D eigenvalue weighted by Gasteiger charge is -2.20. The lowest BCUT2D eigenvalue weighted by molar-refractivity contribution is 0.0984. The molecule has 2 heterocycles. The Morgan fingerprint density at radius 3 is 2.52 bits per heavy atom. The molecule has 0 bridgehead atoms. The molecule has 0 spiro atoms. The van der Waals surface area contributed by atoms with Crippen LogP contribution in [-0.2, 0) is 16.4 Å². The molecule has 10 heteroatoms. The second-order valence-electron chi connectivity index (χ2n) is 7.22. The highest BCUT2D eigenvalue weighted by Crippen LogP contribution is 2.34. The number of ether oxygens (including phenoxy) is 2. The number of hydrogen-bond donors (Lipinski definition) is 0. The standard InChI is InChI=1S/C23H21N3O5S2/c1-30-19-9-6-16(11-20(19)31-2)22(27)26(14-15-5-4-10-24-13-15)23-25-18-8-7-17(33(3,28)29)12-21(18)32-23/h4-13H,14H2,1-3H3. The summed E-state index contributed by atoms with van der Waals surface area (Å²) in [5.74, 6) is 0.662. The molecule has 0 aliphatic heterocycles. The fourth-order valence-electron chi connectivity index (χ4n) is 3.26. The monoisotopic (exact) mass is 483 g/mol. The van der Waals surface area contributed by atoms with Crippen LogP contribution in [0.5, 0.6) is 11.5 Å². The number of fused-ring (bicyclic) bond motifs is 1. The number of nitrogens with zero attached hydrogens (tertiary/aromatic N) is 3. The summed E-state index contributed by atoms with van der Waals surface area (Å²) in [5.41, 5.74) is 1.83. The number of sulfone groups is 1. The highest BCUT2D eigenvalue weighted by Gasteiger charge is 2.23. The Hall–Kier alpha value is -3.50. The van der Waals surface area contributed by atoms with Gasteiger partial charge in [-0.3, -0.25) is 14.7 Å². The Balaban J connectivity index is 1.79. The van der Waals surface area contributed by atoms with E-state index in [2.05, 4.69) is 9.97 Å². The molecule has 4 aromatic rings. The topological polar surface area (TPSA) is 98.7 Å². The summed E-state index contributed by atoms with van der Waals surface area (Å²) in [6.07, 6.45) is 4.50. The summed E-state index contributed by atoms with van der Waals surface area (Å²) < 4.78 is 35.2. The maximum Gasteiger partial charge on any atom is 0.260 e. The van der Waals surface area contributed by atoms with Gasteiger partial charge in [0.05, 0.1) is 35.9 Å². The first kappa shape index (κ1) is 22.7. The van der Waals surface area contributed by atoms with E-state index in [1.165, 1.54) is 31.6 Å². The van der Waals surface area contributed by atoms with Crippen molar-refractivity contribution < 1.29 is 22.7 Å². The quantitative estimate of drug-likeness (QED) is 0.392. The van der Waals surface area contributed by atoms with E-state index in [0.29, 0.717) is 32.4 Å². The molecule has 0 radical (unpaired) electrons. The average molecular weight is 484 g/mol. The zero-order valence-corrected chi connectivity index (χ0v) is 19.8. The van der Waals surface area contributed by atoms with E-state index in [9.17, 15) is 13.2 Å². The van der Waals surface area contributed by atoms with E-state index in [-0.39, 0.29) is 17.3 Å². The van der Waals surface area contributed by atoms with Crippen molar-refractivity contribution in [3.8, 4) is 11.5 Å². The fourth-order valence-corrected chi connectivity index (χ4v) is 4.99. The third kappa shape index (κ3) is 4.81. The van der Waals surface area contributed by atoms with Crippen molar-refractivity contribution in [3.05, 3.63) is 72.1 Å². The van der Waals surface area contributed by atoms with Gasteiger partial charge in [0.15, 0.2) is 26.5 Å². The van der Waals surface area contributed by atoms with E-state index < -0.39 is 9.84 Å². The zero-order chi connectivity index (χ0) is 23.6. The number of anilines is 1. The van der Waals surface area contributed by atoms with Crippen molar-refractivity contribution >= 4 is 42.4 Å². The number of benzene rings is 2. The molecule has 0 aliphatic carbocycles. The number of rotatable bonds is 7. The van der Waals surface area contributed by atoms with Crippen molar-refractivity contribution in [2.45, 2.75) is 11.4 Å². The molecule has 0 saturated heterocycles. The average Bonchev–Trinajstić information content (AvgIpc) is 3.25. The molecular weight excluding hydrogens is 462 g/mol. The third-order valence-electron chi connectivity index (χ3n) is 4.95. The second-order valence-corrected chi connectivity index (χ2v) is 10.2. The Bertz CT molecular complexity index is 1420. The van der Waals surface area contributed by atoms with Crippen LogP contribution in [0.2, 0.25) is 0 Å². The van der Waals surface area contributed by atoms with E-state index in [0.717, 1.165) is 11.8 Å². The molecular formula is C23H21N3O5S2. The summed E-state index contributed by atoms with van der Waals surface area (Å²) in [6, 6.07) is 13.4. The summed E-state index contributed by atoms with van der Waals surface area (Å²) in [6.45, 7) is 0.236. The molecule has 2 aromatic heterocycles.